The highest BCUT2D eigenvalue weighted by molar-refractivity contribution is 5.92. The van der Waals surface area contributed by atoms with Crippen molar-refractivity contribution in [1.82, 2.24) is 0 Å². The van der Waals surface area contributed by atoms with Crippen LogP contribution in [0.4, 0.5) is 0 Å². The molecule has 0 amide bonds. The fourth-order valence-electron chi connectivity index (χ4n) is 3.69. The van der Waals surface area contributed by atoms with Crippen LogP contribution < -0.4 is 0 Å². The van der Waals surface area contributed by atoms with Gasteiger partial charge in [0, 0.05) is 37.8 Å². The topological polar surface area (TPSA) is 125 Å². The van der Waals surface area contributed by atoms with Gasteiger partial charge < -0.3 is 24.1 Å². The Morgan fingerprint density at radius 3 is 2.52 bits per heavy atom. The number of ether oxygens (including phenoxy) is 4. The zero-order valence-corrected chi connectivity index (χ0v) is 19.3. The first-order chi connectivity index (χ1) is 15.5. The molecule has 9 nitrogen and oxygen atoms in total. The summed E-state index contributed by atoms with van der Waals surface area (Å²) in [4.78, 5) is 48.0. The lowest BCUT2D eigenvalue weighted by Gasteiger charge is -2.29. The highest BCUT2D eigenvalue weighted by Gasteiger charge is 2.45. The van der Waals surface area contributed by atoms with E-state index >= 15 is 0 Å². The van der Waals surface area contributed by atoms with E-state index in [-0.39, 0.29) is 37.2 Å². The lowest BCUT2D eigenvalue weighted by Crippen LogP contribution is -2.35. The minimum absolute atomic E-state index is 0.0664. The quantitative estimate of drug-likeness (QED) is 0.273. The van der Waals surface area contributed by atoms with Gasteiger partial charge in [0.05, 0.1) is 12.5 Å². The molecule has 0 aromatic carbocycles. The van der Waals surface area contributed by atoms with Gasteiger partial charge in [0.15, 0.2) is 0 Å². The molecule has 0 unspecified atom stereocenters. The zero-order valence-electron chi connectivity index (χ0n) is 19.3. The van der Waals surface area contributed by atoms with Crippen molar-refractivity contribution in [2.45, 2.75) is 58.8 Å². The SMILES string of the molecule is C=C1C(=O)O[C@@H]2/C=C(/C)[C@H](OC(C)=O)C/C=C(/COC(C)=O)C[C@@H](OC(=O)/C(C)=C/CO)[C@@H]12. The summed E-state index contributed by atoms with van der Waals surface area (Å²) in [5.74, 6) is -2.95. The summed E-state index contributed by atoms with van der Waals surface area (Å²) in [7, 11) is 0. The van der Waals surface area contributed by atoms with Crippen LogP contribution in [0.25, 0.3) is 0 Å². The molecule has 2 rings (SSSR count). The van der Waals surface area contributed by atoms with E-state index in [0.29, 0.717) is 11.1 Å². The van der Waals surface area contributed by atoms with Gasteiger partial charge in [-0.1, -0.05) is 12.7 Å². The average Bonchev–Trinajstić information content (AvgIpc) is 3.00. The summed E-state index contributed by atoms with van der Waals surface area (Å²) in [6, 6.07) is 0. The Morgan fingerprint density at radius 1 is 1.21 bits per heavy atom. The van der Waals surface area contributed by atoms with Gasteiger partial charge in [-0.15, -0.1) is 0 Å². The fourth-order valence-corrected chi connectivity index (χ4v) is 3.69. The predicted molar refractivity (Wildman–Crippen MR) is 116 cm³/mol. The molecular weight excluding hydrogens is 432 g/mol. The minimum atomic E-state index is -0.861. The molecule has 1 N–H and O–H groups in total. The Balaban J connectivity index is 2.50. The van der Waals surface area contributed by atoms with Crippen molar-refractivity contribution < 1.29 is 43.2 Å². The number of aliphatic hydroxyl groups is 1. The molecule has 2 aliphatic rings. The molecule has 1 aliphatic heterocycles. The maximum Gasteiger partial charge on any atom is 0.334 e. The monoisotopic (exact) mass is 462 g/mol. The van der Waals surface area contributed by atoms with E-state index in [0.717, 1.165) is 0 Å². The molecule has 4 atom stereocenters. The van der Waals surface area contributed by atoms with Crippen molar-refractivity contribution in [3.63, 3.8) is 0 Å². The number of aliphatic hydroxyl groups excluding tert-OH is 1. The molecule has 1 fully saturated rings. The second-order valence-corrected chi connectivity index (χ2v) is 8.03. The van der Waals surface area contributed by atoms with Crippen LogP contribution in [0.15, 0.2) is 47.1 Å². The van der Waals surface area contributed by atoms with Gasteiger partial charge in [-0.2, -0.15) is 0 Å². The normalized spacial score (nSPS) is 28.9. The standard InChI is InChI=1S/C24H30O9/c1-13(8-9-25)23(28)32-21-11-18(12-30-16(4)26)6-7-19(31-17(5)27)14(2)10-20-22(21)15(3)24(29)33-20/h6,8,10,19-22,25H,3,7,9,11-12H2,1-2,4-5H3/b13-8+,14-10-,18-6+/t19-,20-,21-,22+/m1/s1. The molecule has 0 radical (unpaired) electrons. The fraction of sp³-hybridized carbons (Fsp3) is 0.500. The molecule has 0 bridgehead atoms. The molecule has 33 heavy (non-hydrogen) atoms. The first kappa shape index (κ1) is 26.1. The molecule has 0 saturated carbocycles. The summed E-state index contributed by atoms with van der Waals surface area (Å²) in [6.07, 6.45) is 2.90. The molecular formula is C24H30O9. The maximum atomic E-state index is 12.6. The second kappa shape index (κ2) is 11.6. The largest absolute Gasteiger partial charge is 0.461 e. The summed E-state index contributed by atoms with van der Waals surface area (Å²) >= 11 is 0. The van der Waals surface area contributed by atoms with Crippen LogP contribution >= 0.6 is 0 Å². The van der Waals surface area contributed by atoms with Gasteiger partial charge in [-0.3, -0.25) is 9.59 Å². The van der Waals surface area contributed by atoms with Crippen LogP contribution in [-0.4, -0.2) is 60.5 Å². The van der Waals surface area contributed by atoms with Gasteiger partial charge in [0.2, 0.25) is 0 Å². The first-order valence-electron chi connectivity index (χ1n) is 10.6. The van der Waals surface area contributed by atoms with Crippen LogP contribution in [0.3, 0.4) is 0 Å². The number of fused-ring (bicyclic) bond motifs is 1. The van der Waals surface area contributed by atoms with Crippen molar-refractivity contribution in [1.29, 1.82) is 0 Å². The van der Waals surface area contributed by atoms with Crippen molar-refractivity contribution >= 4 is 23.9 Å². The predicted octanol–water partition coefficient (Wildman–Crippen LogP) is 2.10. The Kier molecular flexibility index (Phi) is 9.16. The van der Waals surface area contributed by atoms with Crippen LogP contribution in [0.1, 0.15) is 40.5 Å². The van der Waals surface area contributed by atoms with Gasteiger partial charge in [-0.25, -0.2) is 9.59 Å². The van der Waals surface area contributed by atoms with Crippen LogP contribution in [0.2, 0.25) is 0 Å². The van der Waals surface area contributed by atoms with E-state index in [2.05, 4.69) is 6.58 Å². The Bertz CT molecular complexity index is 909. The molecule has 1 aliphatic carbocycles. The molecule has 180 valence electrons. The third-order valence-electron chi connectivity index (χ3n) is 5.43. The van der Waals surface area contributed by atoms with Crippen LogP contribution in [-0.2, 0) is 38.1 Å². The smallest absolute Gasteiger partial charge is 0.334 e. The summed E-state index contributed by atoms with van der Waals surface area (Å²) in [5, 5.41) is 9.09. The van der Waals surface area contributed by atoms with E-state index in [1.807, 2.05) is 0 Å². The van der Waals surface area contributed by atoms with E-state index in [1.54, 1.807) is 19.1 Å². The molecule has 0 aromatic heterocycles. The summed E-state index contributed by atoms with van der Waals surface area (Å²) in [5.41, 5.74) is 1.61. The molecule has 1 saturated heterocycles. The lowest BCUT2D eigenvalue weighted by atomic mass is 9.85. The molecule has 1 heterocycles. The highest BCUT2D eigenvalue weighted by atomic mass is 16.6. The minimum Gasteiger partial charge on any atom is -0.461 e. The zero-order chi connectivity index (χ0) is 24.7. The number of carbonyl (C=O) groups is 4. The van der Waals surface area contributed by atoms with E-state index < -0.39 is 48.1 Å². The van der Waals surface area contributed by atoms with Gasteiger partial charge in [-0.05, 0) is 37.1 Å². The number of hydrogen-bond acceptors (Lipinski definition) is 9. The Morgan fingerprint density at radius 2 is 1.91 bits per heavy atom. The van der Waals surface area contributed by atoms with Crippen molar-refractivity contribution in [2.24, 2.45) is 5.92 Å². The first-order valence-corrected chi connectivity index (χ1v) is 10.6. The number of rotatable bonds is 6. The number of carbonyl (C=O) groups excluding carboxylic acids is 4. The van der Waals surface area contributed by atoms with E-state index in [9.17, 15) is 19.2 Å². The summed E-state index contributed by atoms with van der Waals surface area (Å²) < 4.78 is 21.8. The van der Waals surface area contributed by atoms with Gasteiger partial charge >= 0.3 is 23.9 Å². The maximum absolute atomic E-state index is 12.6. The number of esters is 4. The van der Waals surface area contributed by atoms with E-state index in [1.165, 1.54) is 26.8 Å². The average molecular weight is 462 g/mol. The Hall–Kier alpha value is -3.20. The van der Waals surface area contributed by atoms with Gasteiger partial charge in [0.25, 0.3) is 0 Å². The summed E-state index contributed by atoms with van der Waals surface area (Å²) in [6.45, 7) is 9.26. The second-order valence-electron chi connectivity index (χ2n) is 8.03. The molecule has 0 aromatic rings. The van der Waals surface area contributed by atoms with Gasteiger partial charge in [0.1, 0.15) is 24.9 Å². The van der Waals surface area contributed by atoms with E-state index in [4.69, 9.17) is 24.1 Å². The van der Waals surface area contributed by atoms with Crippen LogP contribution in [0.5, 0.6) is 0 Å². The Labute approximate surface area is 192 Å². The lowest BCUT2D eigenvalue weighted by molar-refractivity contribution is -0.148. The third-order valence-corrected chi connectivity index (χ3v) is 5.43. The van der Waals surface area contributed by atoms with Crippen molar-refractivity contribution in [3.05, 3.63) is 47.1 Å². The highest BCUT2D eigenvalue weighted by Crippen LogP contribution is 2.37. The van der Waals surface area contributed by atoms with Crippen LogP contribution in [0, 0.1) is 5.92 Å². The molecule has 9 heteroatoms. The number of hydrogen-bond donors (Lipinski definition) is 1. The molecule has 0 spiro atoms. The van der Waals surface area contributed by atoms with Crippen molar-refractivity contribution in [3.8, 4) is 0 Å². The third kappa shape index (κ3) is 7.15. The van der Waals surface area contributed by atoms with Crippen molar-refractivity contribution in [2.75, 3.05) is 13.2 Å².